The van der Waals surface area contributed by atoms with Crippen LogP contribution in [0.5, 0.6) is 5.75 Å². The quantitative estimate of drug-likeness (QED) is 0.219. The molecule has 0 unspecified atom stereocenters. The minimum atomic E-state index is -0.123. The number of nitrogens with one attached hydrogen (secondary N) is 1. The highest BCUT2D eigenvalue weighted by molar-refractivity contribution is 6.30. The molecule has 0 saturated heterocycles. The Bertz CT molecular complexity index is 1280. The molecule has 1 N–H and O–H groups in total. The first-order valence-corrected chi connectivity index (χ1v) is 11.8. The van der Waals surface area contributed by atoms with E-state index in [1.807, 2.05) is 42.5 Å². The SMILES string of the molecule is C=CCc1ccccc1OCCn1c(CCCNC(=O)c2cccc(Cl)c2)nc2ccccc21. The zero-order valence-corrected chi connectivity index (χ0v) is 19.8. The van der Waals surface area contributed by atoms with Gasteiger partial charge in [-0.2, -0.15) is 0 Å². The number of rotatable bonds is 11. The predicted octanol–water partition coefficient (Wildman–Crippen LogP) is 5.86. The Kier molecular flexibility index (Phi) is 7.99. The van der Waals surface area contributed by atoms with Crippen LogP contribution in [-0.4, -0.2) is 28.6 Å². The van der Waals surface area contributed by atoms with Crippen molar-refractivity contribution in [3.63, 3.8) is 0 Å². The second kappa shape index (κ2) is 11.5. The lowest BCUT2D eigenvalue weighted by molar-refractivity contribution is 0.0953. The Labute approximate surface area is 205 Å². The average molecular weight is 474 g/mol. The second-order valence-electron chi connectivity index (χ2n) is 7.99. The van der Waals surface area contributed by atoms with Gasteiger partial charge in [-0.1, -0.05) is 54.1 Å². The monoisotopic (exact) mass is 473 g/mol. The molecular formula is C28H28ClN3O2. The largest absolute Gasteiger partial charge is 0.491 e. The molecule has 3 aromatic carbocycles. The van der Waals surface area contributed by atoms with Crippen LogP contribution in [0.15, 0.2) is 85.5 Å². The number of hydrogen-bond acceptors (Lipinski definition) is 3. The first-order chi connectivity index (χ1) is 16.7. The lowest BCUT2D eigenvalue weighted by atomic mass is 10.1. The Morgan fingerprint density at radius 3 is 2.76 bits per heavy atom. The summed E-state index contributed by atoms with van der Waals surface area (Å²) in [6.07, 6.45) is 4.18. The van der Waals surface area contributed by atoms with Crippen LogP contribution in [0.3, 0.4) is 0 Å². The molecule has 1 heterocycles. The van der Waals surface area contributed by atoms with Crippen LogP contribution in [0, 0.1) is 0 Å². The zero-order valence-electron chi connectivity index (χ0n) is 19.0. The Morgan fingerprint density at radius 1 is 1.09 bits per heavy atom. The average Bonchev–Trinajstić information content (AvgIpc) is 3.20. The van der Waals surface area contributed by atoms with Crippen LogP contribution in [0.2, 0.25) is 5.02 Å². The molecule has 4 rings (SSSR count). The molecule has 5 nitrogen and oxygen atoms in total. The molecule has 0 radical (unpaired) electrons. The van der Waals surface area contributed by atoms with E-state index >= 15 is 0 Å². The van der Waals surface area contributed by atoms with Gasteiger partial charge in [0.25, 0.3) is 5.91 Å². The summed E-state index contributed by atoms with van der Waals surface area (Å²) in [5, 5.41) is 3.52. The van der Waals surface area contributed by atoms with Crippen molar-refractivity contribution in [1.29, 1.82) is 0 Å². The molecule has 0 fully saturated rings. The molecule has 0 bridgehead atoms. The van der Waals surface area contributed by atoms with Crippen molar-refractivity contribution in [2.45, 2.75) is 25.8 Å². The van der Waals surface area contributed by atoms with E-state index in [9.17, 15) is 4.79 Å². The van der Waals surface area contributed by atoms with Crippen molar-refractivity contribution < 1.29 is 9.53 Å². The van der Waals surface area contributed by atoms with Crippen LogP contribution in [0.25, 0.3) is 11.0 Å². The van der Waals surface area contributed by atoms with E-state index in [1.54, 1.807) is 24.3 Å². The summed E-state index contributed by atoms with van der Waals surface area (Å²) >= 11 is 5.99. The van der Waals surface area contributed by atoms with Crippen LogP contribution in [0.4, 0.5) is 0 Å². The molecule has 174 valence electrons. The summed E-state index contributed by atoms with van der Waals surface area (Å²) in [6, 6.07) is 23.1. The molecule has 0 aliphatic heterocycles. The van der Waals surface area contributed by atoms with Crippen molar-refractivity contribution in [2.75, 3.05) is 13.2 Å². The molecule has 0 aliphatic rings. The molecular weight excluding hydrogens is 446 g/mol. The minimum Gasteiger partial charge on any atom is -0.491 e. The number of carbonyl (C=O) groups is 1. The molecule has 0 saturated carbocycles. The van der Waals surface area contributed by atoms with Gasteiger partial charge in [-0.3, -0.25) is 4.79 Å². The number of nitrogens with zero attached hydrogens (tertiary/aromatic N) is 2. The van der Waals surface area contributed by atoms with Crippen LogP contribution in [0.1, 0.15) is 28.2 Å². The topological polar surface area (TPSA) is 56.1 Å². The van der Waals surface area contributed by atoms with Crippen LogP contribution >= 0.6 is 11.6 Å². The number of aromatic nitrogens is 2. The summed E-state index contributed by atoms with van der Waals surface area (Å²) < 4.78 is 8.33. The highest BCUT2D eigenvalue weighted by Gasteiger charge is 2.12. The Balaban J connectivity index is 1.38. The van der Waals surface area contributed by atoms with Gasteiger partial charge in [-0.15, -0.1) is 6.58 Å². The number of halogens is 1. The van der Waals surface area contributed by atoms with E-state index < -0.39 is 0 Å². The van der Waals surface area contributed by atoms with Crippen molar-refractivity contribution in [3.8, 4) is 5.75 Å². The highest BCUT2D eigenvalue weighted by atomic mass is 35.5. The summed E-state index contributed by atoms with van der Waals surface area (Å²) in [7, 11) is 0. The molecule has 6 heteroatoms. The summed E-state index contributed by atoms with van der Waals surface area (Å²) in [5.41, 5.74) is 3.74. The fraction of sp³-hybridized carbons (Fsp3) is 0.214. The third-order valence-electron chi connectivity index (χ3n) is 5.59. The third kappa shape index (κ3) is 5.86. The van der Waals surface area contributed by atoms with Gasteiger partial charge >= 0.3 is 0 Å². The number of imidazole rings is 1. The first kappa shape index (κ1) is 23.6. The lowest BCUT2D eigenvalue weighted by Gasteiger charge is -2.13. The third-order valence-corrected chi connectivity index (χ3v) is 5.83. The van der Waals surface area contributed by atoms with Crippen molar-refractivity contribution in [3.05, 3.63) is 107 Å². The van der Waals surface area contributed by atoms with Crippen LogP contribution < -0.4 is 10.1 Å². The minimum absolute atomic E-state index is 0.123. The molecule has 1 aromatic heterocycles. The Hall–Kier alpha value is -3.57. The van der Waals surface area contributed by atoms with Crippen LogP contribution in [-0.2, 0) is 19.4 Å². The van der Waals surface area contributed by atoms with Gasteiger partial charge in [0.05, 0.1) is 17.6 Å². The van der Waals surface area contributed by atoms with E-state index in [-0.39, 0.29) is 5.91 Å². The molecule has 0 aliphatic carbocycles. The van der Waals surface area contributed by atoms with E-state index in [4.69, 9.17) is 21.3 Å². The van der Waals surface area contributed by atoms with Gasteiger partial charge in [-0.25, -0.2) is 4.98 Å². The van der Waals surface area contributed by atoms with E-state index in [2.05, 4.69) is 28.6 Å². The number of allylic oxidation sites excluding steroid dienone is 1. The van der Waals surface area contributed by atoms with Gasteiger partial charge in [0, 0.05) is 23.6 Å². The maximum Gasteiger partial charge on any atom is 0.251 e. The van der Waals surface area contributed by atoms with Gasteiger partial charge in [0.15, 0.2) is 0 Å². The summed E-state index contributed by atoms with van der Waals surface area (Å²) in [4.78, 5) is 17.2. The summed E-state index contributed by atoms with van der Waals surface area (Å²) in [6.45, 7) is 5.61. The fourth-order valence-corrected chi connectivity index (χ4v) is 4.15. The zero-order chi connectivity index (χ0) is 23.8. The first-order valence-electron chi connectivity index (χ1n) is 11.4. The van der Waals surface area contributed by atoms with Gasteiger partial charge in [0.1, 0.15) is 18.2 Å². The number of carbonyl (C=O) groups excluding carboxylic acids is 1. The number of fused-ring (bicyclic) bond motifs is 1. The maximum absolute atomic E-state index is 12.4. The molecule has 34 heavy (non-hydrogen) atoms. The smallest absolute Gasteiger partial charge is 0.251 e. The van der Waals surface area contributed by atoms with E-state index in [1.165, 1.54) is 0 Å². The number of benzene rings is 3. The Morgan fingerprint density at radius 2 is 1.91 bits per heavy atom. The molecule has 0 spiro atoms. The normalized spacial score (nSPS) is 10.9. The number of para-hydroxylation sites is 3. The van der Waals surface area contributed by atoms with Crippen molar-refractivity contribution in [1.82, 2.24) is 14.9 Å². The highest BCUT2D eigenvalue weighted by Crippen LogP contribution is 2.20. The van der Waals surface area contributed by atoms with Gasteiger partial charge in [-0.05, 0) is 54.8 Å². The second-order valence-corrected chi connectivity index (χ2v) is 8.42. The lowest BCUT2D eigenvalue weighted by Crippen LogP contribution is -2.25. The fourth-order valence-electron chi connectivity index (χ4n) is 3.96. The molecule has 1 amide bonds. The number of hydrogen-bond donors (Lipinski definition) is 1. The van der Waals surface area contributed by atoms with Gasteiger partial charge in [0.2, 0.25) is 0 Å². The van der Waals surface area contributed by atoms with E-state index in [0.717, 1.165) is 47.4 Å². The number of amides is 1. The van der Waals surface area contributed by atoms with Crippen molar-refractivity contribution >= 4 is 28.5 Å². The van der Waals surface area contributed by atoms with Crippen molar-refractivity contribution in [2.24, 2.45) is 0 Å². The van der Waals surface area contributed by atoms with Gasteiger partial charge < -0.3 is 14.6 Å². The summed E-state index contributed by atoms with van der Waals surface area (Å²) in [5.74, 6) is 1.75. The molecule has 4 aromatic rings. The molecule has 0 atom stereocenters. The number of ether oxygens (including phenoxy) is 1. The predicted molar refractivity (Wildman–Crippen MR) is 138 cm³/mol. The van der Waals surface area contributed by atoms with E-state index in [0.29, 0.717) is 30.3 Å². The maximum atomic E-state index is 12.4. The number of aryl methyl sites for hydroxylation is 1. The standard InChI is InChI=1S/C28H28ClN3O2/c1-2-9-21-10-3-6-15-26(21)34-19-18-32-25-14-5-4-13-24(25)31-27(32)16-8-17-30-28(33)22-11-7-12-23(29)20-22/h2-7,10-15,20H,1,8-9,16-19H2,(H,30,33).